The third kappa shape index (κ3) is 3.45. The molecule has 1 aromatic heterocycles. The van der Waals surface area contributed by atoms with E-state index in [4.69, 9.17) is 15.2 Å². The maximum Gasteiger partial charge on any atom is 0.218 e. The molecular weight excluding hydrogens is 240 g/mol. The smallest absolute Gasteiger partial charge is 0.218 e. The van der Waals surface area contributed by atoms with Crippen molar-refractivity contribution in [3.05, 3.63) is 23.9 Å². The fourth-order valence-corrected chi connectivity index (χ4v) is 2.64. The number of hydrogen-bond acceptors (Lipinski definition) is 4. The van der Waals surface area contributed by atoms with E-state index in [9.17, 15) is 0 Å². The van der Waals surface area contributed by atoms with E-state index in [-0.39, 0.29) is 5.60 Å². The van der Waals surface area contributed by atoms with Gasteiger partial charge in [0.2, 0.25) is 5.88 Å². The van der Waals surface area contributed by atoms with Gasteiger partial charge in [0.05, 0.1) is 19.3 Å². The summed E-state index contributed by atoms with van der Waals surface area (Å²) in [5, 5.41) is 0. The second kappa shape index (κ2) is 6.35. The molecule has 1 fully saturated rings. The fraction of sp³-hybridized carbons (Fsp3) is 0.667. The average Bonchev–Trinajstić information content (AvgIpc) is 2.47. The molecule has 2 rings (SSSR count). The number of nitrogens with two attached hydrogens (primary N) is 1. The minimum Gasteiger partial charge on any atom is -0.481 e. The van der Waals surface area contributed by atoms with Gasteiger partial charge in [-0.25, -0.2) is 4.98 Å². The Balaban J connectivity index is 2.00. The van der Waals surface area contributed by atoms with E-state index < -0.39 is 0 Å². The lowest BCUT2D eigenvalue weighted by molar-refractivity contribution is -0.0804. The molecule has 0 bridgehead atoms. The molecular formula is C15H24N2O2. The summed E-state index contributed by atoms with van der Waals surface area (Å²) in [7, 11) is 1.63. The van der Waals surface area contributed by atoms with E-state index in [2.05, 4.69) is 11.9 Å². The maximum atomic E-state index is 6.15. The molecule has 0 atom stereocenters. The Morgan fingerprint density at radius 1 is 1.42 bits per heavy atom. The molecule has 4 heteroatoms. The van der Waals surface area contributed by atoms with Crippen molar-refractivity contribution in [3.8, 4) is 5.88 Å². The predicted molar refractivity (Wildman–Crippen MR) is 75.0 cm³/mol. The first-order chi connectivity index (χ1) is 9.19. The Hall–Kier alpha value is -1.13. The van der Waals surface area contributed by atoms with Gasteiger partial charge in [-0.2, -0.15) is 0 Å². The van der Waals surface area contributed by atoms with Crippen LogP contribution in [0.1, 0.15) is 38.2 Å². The maximum absolute atomic E-state index is 6.15. The summed E-state index contributed by atoms with van der Waals surface area (Å²) in [6, 6.07) is 3.89. The average molecular weight is 264 g/mol. The first-order valence-electron chi connectivity index (χ1n) is 7.01. The zero-order valence-electron chi connectivity index (χ0n) is 11.9. The van der Waals surface area contributed by atoms with Crippen LogP contribution in [0, 0.1) is 5.92 Å². The van der Waals surface area contributed by atoms with Crippen molar-refractivity contribution in [1.82, 2.24) is 4.98 Å². The van der Waals surface area contributed by atoms with Gasteiger partial charge < -0.3 is 15.2 Å². The van der Waals surface area contributed by atoms with Crippen LogP contribution in [0.5, 0.6) is 5.88 Å². The summed E-state index contributed by atoms with van der Waals surface area (Å²) < 4.78 is 11.4. The number of methoxy groups -OCH3 is 1. The van der Waals surface area contributed by atoms with E-state index in [1.165, 1.54) is 12.8 Å². The standard InChI is InChI=1S/C15H24N2O2/c1-12-5-7-15(11-16,8-6-12)19-10-13-4-3-9-17-14(13)18-2/h3-4,9,12H,5-8,10-11,16H2,1-2H3. The normalized spacial score (nSPS) is 27.2. The topological polar surface area (TPSA) is 57.4 Å². The molecule has 0 aliphatic heterocycles. The van der Waals surface area contributed by atoms with Gasteiger partial charge in [-0.05, 0) is 43.7 Å². The van der Waals surface area contributed by atoms with Crippen molar-refractivity contribution in [3.63, 3.8) is 0 Å². The Bertz CT molecular complexity index is 401. The Kier molecular flexibility index (Phi) is 4.77. The molecule has 0 spiro atoms. The van der Waals surface area contributed by atoms with Crippen LogP contribution in [-0.4, -0.2) is 24.2 Å². The van der Waals surface area contributed by atoms with Crippen molar-refractivity contribution < 1.29 is 9.47 Å². The molecule has 1 aromatic rings. The van der Waals surface area contributed by atoms with Gasteiger partial charge in [-0.1, -0.05) is 6.92 Å². The van der Waals surface area contributed by atoms with Crippen molar-refractivity contribution in [2.45, 2.75) is 44.8 Å². The molecule has 4 nitrogen and oxygen atoms in total. The molecule has 106 valence electrons. The SMILES string of the molecule is COc1ncccc1COC1(CN)CCC(C)CC1. The highest BCUT2D eigenvalue weighted by Crippen LogP contribution is 2.35. The first kappa shape index (κ1) is 14.3. The van der Waals surface area contributed by atoms with Gasteiger partial charge in [0.15, 0.2) is 0 Å². The molecule has 1 heterocycles. The van der Waals surface area contributed by atoms with Gasteiger partial charge in [0.1, 0.15) is 0 Å². The number of hydrogen-bond donors (Lipinski definition) is 1. The van der Waals surface area contributed by atoms with Gasteiger partial charge in [-0.3, -0.25) is 0 Å². The fourth-order valence-electron chi connectivity index (χ4n) is 2.64. The first-order valence-corrected chi connectivity index (χ1v) is 7.01. The monoisotopic (exact) mass is 264 g/mol. The van der Waals surface area contributed by atoms with E-state index in [0.29, 0.717) is 19.0 Å². The lowest BCUT2D eigenvalue weighted by Gasteiger charge is -2.38. The zero-order valence-corrected chi connectivity index (χ0v) is 11.9. The predicted octanol–water partition coefficient (Wildman–Crippen LogP) is 2.51. The molecule has 2 N–H and O–H groups in total. The number of ether oxygens (including phenoxy) is 2. The number of nitrogens with zero attached hydrogens (tertiary/aromatic N) is 1. The number of rotatable bonds is 5. The van der Waals surface area contributed by atoms with E-state index in [1.54, 1.807) is 13.3 Å². The number of aromatic nitrogens is 1. The van der Waals surface area contributed by atoms with E-state index >= 15 is 0 Å². The molecule has 0 amide bonds. The van der Waals surface area contributed by atoms with Gasteiger partial charge >= 0.3 is 0 Å². The van der Waals surface area contributed by atoms with Crippen LogP contribution >= 0.6 is 0 Å². The molecule has 0 radical (unpaired) electrons. The second-order valence-corrected chi connectivity index (χ2v) is 5.53. The highest BCUT2D eigenvalue weighted by molar-refractivity contribution is 5.24. The summed E-state index contributed by atoms with van der Waals surface area (Å²) >= 11 is 0. The van der Waals surface area contributed by atoms with Crippen molar-refractivity contribution >= 4 is 0 Å². The lowest BCUT2D eigenvalue weighted by atomic mass is 9.79. The van der Waals surface area contributed by atoms with Crippen LogP contribution in [0.4, 0.5) is 0 Å². The van der Waals surface area contributed by atoms with Gasteiger partial charge in [0.25, 0.3) is 0 Å². The number of pyridine rings is 1. The van der Waals surface area contributed by atoms with Crippen LogP contribution in [0.2, 0.25) is 0 Å². The Labute approximate surface area is 115 Å². The van der Waals surface area contributed by atoms with Crippen LogP contribution in [0.25, 0.3) is 0 Å². The summed E-state index contributed by atoms with van der Waals surface area (Å²) in [5.74, 6) is 1.43. The van der Waals surface area contributed by atoms with Crippen molar-refractivity contribution in [2.24, 2.45) is 11.7 Å². The zero-order chi connectivity index (χ0) is 13.7. The van der Waals surface area contributed by atoms with Crippen LogP contribution < -0.4 is 10.5 Å². The molecule has 1 saturated carbocycles. The van der Waals surface area contributed by atoms with Crippen molar-refractivity contribution in [2.75, 3.05) is 13.7 Å². The molecule has 0 unspecified atom stereocenters. The highest BCUT2D eigenvalue weighted by Gasteiger charge is 2.34. The third-order valence-electron chi connectivity index (χ3n) is 4.13. The van der Waals surface area contributed by atoms with Crippen molar-refractivity contribution in [1.29, 1.82) is 0 Å². The Morgan fingerprint density at radius 2 is 2.16 bits per heavy atom. The second-order valence-electron chi connectivity index (χ2n) is 5.53. The summed E-state index contributed by atoms with van der Waals surface area (Å²) in [6.45, 7) is 3.40. The molecule has 1 aliphatic carbocycles. The summed E-state index contributed by atoms with van der Waals surface area (Å²) in [5.41, 5.74) is 6.77. The van der Waals surface area contributed by atoms with E-state index in [1.807, 2.05) is 12.1 Å². The van der Waals surface area contributed by atoms with Crippen LogP contribution in [0.3, 0.4) is 0 Å². The quantitative estimate of drug-likeness (QED) is 0.887. The summed E-state index contributed by atoms with van der Waals surface area (Å²) in [6.07, 6.45) is 6.21. The highest BCUT2D eigenvalue weighted by atomic mass is 16.5. The largest absolute Gasteiger partial charge is 0.481 e. The third-order valence-corrected chi connectivity index (χ3v) is 4.13. The molecule has 0 aromatic carbocycles. The molecule has 0 saturated heterocycles. The van der Waals surface area contributed by atoms with Gasteiger partial charge in [0, 0.05) is 18.3 Å². The lowest BCUT2D eigenvalue weighted by Crippen LogP contribution is -2.43. The van der Waals surface area contributed by atoms with Gasteiger partial charge in [-0.15, -0.1) is 0 Å². The van der Waals surface area contributed by atoms with E-state index in [0.717, 1.165) is 24.3 Å². The minimum absolute atomic E-state index is 0.159. The van der Waals surface area contributed by atoms with Crippen LogP contribution in [-0.2, 0) is 11.3 Å². The Morgan fingerprint density at radius 3 is 2.79 bits per heavy atom. The van der Waals surface area contributed by atoms with Crippen LogP contribution in [0.15, 0.2) is 18.3 Å². The summed E-state index contributed by atoms with van der Waals surface area (Å²) in [4.78, 5) is 4.19. The molecule has 1 aliphatic rings. The minimum atomic E-state index is -0.159. The molecule has 19 heavy (non-hydrogen) atoms.